The molecule has 0 aliphatic heterocycles. The van der Waals surface area contributed by atoms with Crippen LogP contribution in [0.3, 0.4) is 0 Å². The number of nitrogens with one attached hydrogen (secondary N) is 4. The molecule has 4 unspecified atom stereocenters. The van der Waals surface area contributed by atoms with Crippen molar-refractivity contribution in [3.8, 4) is 0 Å². The van der Waals surface area contributed by atoms with Gasteiger partial charge in [0.25, 0.3) is 0 Å². The number of imidazole rings is 1. The fraction of sp³-hybridized carbons (Fsp3) is 0.652. The summed E-state index contributed by atoms with van der Waals surface area (Å²) in [6.07, 6.45) is 4.35. The molecular weight excluding hydrogens is 484 g/mol. The van der Waals surface area contributed by atoms with Gasteiger partial charge in [-0.15, -0.1) is 0 Å². The standard InChI is InChI=1S/C23H40N8O6/c1-13(2)9-18(23(36)37)31-22(35)17(10-14-11-27-12-28-14)30-21(34)16(5-3-4-8-24)29-20(33)15(25)6-7-19(26)32/h11-13,15-18H,3-10,24-25H2,1-2H3,(H2,26,32)(H,27,28)(H,29,33)(H,30,34)(H,31,35)(H,36,37). The molecule has 0 aliphatic carbocycles. The Bertz CT molecular complexity index is 892. The molecule has 208 valence electrons. The molecule has 0 aromatic carbocycles. The molecule has 1 heterocycles. The van der Waals surface area contributed by atoms with E-state index in [1.807, 2.05) is 13.8 Å². The van der Waals surface area contributed by atoms with Crippen LogP contribution < -0.4 is 33.2 Å². The molecule has 1 rings (SSSR count). The lowest BCUT2D eigenvalue weighted by atomic mass is 10.0. The first-order chi connectivity index (χ1) is 17.4. The highest BCUT2D eigenvalue weighted by atomic mass is 16.4. The number of amides is 4. The van der Waals surface area contributed by atoms with E-state index in [1.165, 1.54) is 12.5 Å². The van der Waals surface area contributed by atoms with E-state index < -0.39 is 53.8 Å². The second-order valence-corrected chi connectivity index (χ2v) is 9.33. The number of hydrogen-bond acceptors (Lipinski definition) is 8. The van der Waals surface area contributed by atoms with Crippen LogP contribution in [-0.4, -0.2) is 75.4 Å². The van der Waals surface area contributed by atoms with E-state index in [0.717, 1.165) is 0 Å². The number of carbonyl (C=O) groups is 5. The van der Waals surface area contributed by atoms with Crippen LogP contribution in [0.4, 0.5) is 0 Å². The number of aromatic nitrogens is 2. The van der Waals surface area contributed by atoms with Gasteiger partial charge in [0.2, 0.25) is 23.6 Å². The molecule has 4 amide bonds. The average molecular weight is 525 g/mol. The van der Waals surface area contributed by atoms with E-state index in [1.54, 1.807) is 0 Å². The minimum absolute atomic E-state index is 0.00274. The largest absolute Gasteiger partial charge is 0.480 e. The number of carbonyl (C=O) groups excluding carboxylic acids is 4. The summed E-state index contributed by atoms with van der Waals surface area (Å²) < 4.78 is 0. The molecule has 0 bridgehead atoms. The zero-order valence-electron chi connectivity index (χ0n) is 21.4. The van der Waals surface area contributed by atoms with Crippen molar-refractivity contribution in [1.82, 2.24) is 25.9 Å². The van der Waals surface area contributed by atoms with Gasteiger partial charge in [-0.2, -0.15) is 0 Å². The second kappa shape index (κ2) is 16.3. The normalized spacial score (nSPS) is 14.3. The summed E-state index contributed by atoms with van der Waals surface area (Å²) in [5.74, 6) is -3.78. The van der Waals surface area contributed by atoms with Crippen LogP contribution in [-0.2, 0) is 30.4 Å². The van der Waals surface area contributed by atoms with Crippen molar-refractivity contribution < 1.29 is 29.1 Å². The predicted octanol–water partition coefficient (Wildman–Crippen LogP) is -1.74. The van der Waals surface area contributed by atoms with Crippen molar-refractivity contribution in [1.29, 1.82) is 0 Å². The Labute approximate surface area is 215 Å². The summed E-state index contributed by atoms with van der Waals surface area (Å²) in [6.45, 7) is 4.04. The molecule has 0 fully saturated rings. The SMILES string of the molecule is CC(C)CC(NC(=O)C(Cc1cnc[nH]1)NC(=O)C(CCCCN)NC(=O)C(N)CCC(N)=O)C(=O)O. The fourth-order valence-corrected chi connectivity index (χ4v) is 3.53. The maximum atomic E-state index is 13.2. The minimum atomic E-state index is -1.19. The summed E-state index contributed by atoms with van der Waals surface area (Å²) in [5, 5.41) is 17.2. The number of primary amides is 1. The van der Waals surface area contributed by atoms with Gasteiger partial charge in [0, 0.05) is 24.7 Å². The first-order valence-electron chi connectivity index (χ1n) is 12.3. The van der Waals surface area contributed by atoms with Crippen molar-refractivity contribution in [2.24, 2.45) is 23.1 Å². The van der Waals surface area contributed by atoms with Crippen molar-refractivity contribution in [3.05, 3.63) is 18.2 Å². The maximum Gasteiger partial charge on any atom is 0.326 e. The van der Waals surface area contributed by atoms with Gasteiger partial charge in [0.1, 0.15) is 18.1 Å². The third-order valence-corrected chi connectivity index (χ3v) is 5.55. The molecule has 14 nitrogen and oxygen atoms in total. The van der Waals surface area contributed by atoms with Gasteiger partial charge in [0.05, 0.1) is 12.4 Å². The Balaban J connectivity index is 3.04. The van der Waals surface area contributed by atoms with E-state index in [2.05, 4.69) is 25.9 Å². The zero-order chi connectivity index (χ0) is 28.0. The predicted molar refractivity (Wildman–Crippen MR) is 134 cm³/mol. The Hall–Kier alpha value is -3.52. The van der Waals surface area contributed by atoms with Crippen molar-refractivity contribution in [3.63, 3.8) is 0 Å². The highest BCUT2D eigenvalue weighted by Gasteiger charge is 2.31. The number of carboxylic acid groups (broad SMARTS) is 1. The minimum Gasteiger partial charge on any atom is -0.480 e. The molecule has 0 aliphatic rings. The Kier molecular flexibility index (Phi) is 13.9. The molecule has 0 spiro atoms. The van der Waals surface area contributed by atoms with Gasteiger partial charge < -0.3 is 43.2 Å². The lowest BCUT2D eigenvalue weighted by Gasteiger charge is -2.25. The Morgan fingerprint density at radius 3 is 2.14 bits per heavy atom. The summed E-state index contributed by atoms with van der Waals surface area (Å²) in [5.41, 5.74) is 17.0. The summed E-state index contributed by atoms with van der Waals surface area (Å²) >= 11 is 0. The monoisotopic (exact) mass is 524 g/mol. The molecule has 14 heteroatoms. The summed E-state index contributed by atoms with van der Waals surface area (Å²) in [4.78, 5) is 68.2. The van der Waals surface area contributed by atoms with E-state index in [0.29, 0.717) is 25.1 Å². The lowest BCUT2D eigenvalue weighted by Crippen LogP contribution is -2.57. The number of nitrogens with zero attached hydrogens (tertiary/aromatic N) is 1. The molecule has 37 heavy (non-hydrogen) atoms. The van der Waals surface area contributed by atoms with Crippen LogP contribution in [0.25, 0.3) is 0 Å². The number of aromatic amines is 1. The summed E-state index contributed by atoms with van der Waals surface area (Å²) in [6, 6.07) is -4.40. The number of hydrogen-bond donors (Lipinski definition) is 8. The molecule has 11 N–H and O–H groups in total. The van der Waals surface area contributed by atoms with Crippen molar-refractivity contribution in [2.75, 3.05) is 6.54 Å². The smallest absolute Gasteiger partial charge is 0.326 e. The lowest BCUT2D eigenvalue weighted by molar-refractivity contribution is -0.142. The van der Waals surface area contributed by atoms with E-state index in [-0.39, 0.29) is 38.0 Å². The second-order valence-electron chi connectivity index (χ2n) is 9.33. The molecule has 0 saturated carbocycles. The van der Waals surface area contributed by atoms with Gasteiger partial charge in [-0.3, -0.25) is 19.2 Å². The van der Waals surface area contributed by atoms with E-state index >= 15 is 0 Å². The topological polar surface area (TPSA) is 248 Å². The number of unbranched alkanes of at least 4 members (excludes halogenated alkanes) is 1. The number of rotatable bonds is 18. The molecule has 1 aromatic rings. The molecule has 4 atom stereocenters. The van der Waals surface area contributed by atoms with Gasteiger partial charge in [-0.05, 0) is 44.6 Å². The number of carboxylic acids is 1. The zero-order valence-corrected chi connectivity index (χ0v) is 21.4. The third kappa shape index (κ3) is 12.3. The van der Waals surface area contributed by atoms with Crippen molar-refractivity contribution >= 4 is 29.6 Å². The van der Waals surface area contributed by atoms with Crippen molar-refractivity contribution in [2.45, 2.75) is 83.0 Å². The average Bonchev–Trinajstić information content (AvgIpc) is 3.33. The van der Waals surface area contributed by atoms with Gasteiger partial charge in [0.15, 0.2) is 0 Å². The number of H-pyrrole nitrogens is 1. The van der Waals surface area contributed by atoms with Crippen LogP contribution in [0.5, 0.6) is 0 Å². The molecule has 0 radical (unpaired) electrons. The van der Waals surface area contributed by atoms with Crippen LogP contribution in [0.2, 0.25) is 0 Å². The van der Waals surface area contributed by atoms with Crippen LogP contribution in [0, 0.1) is 5.92 Å². The van der Waals surface area contributed by atoms with Crippen LogP contribution in [0.15, 0.2) is 12.5 Å². The first kappa shape index (κ1) is 31.5. The van der Waals surface area contributed by atoms with E-state index in [4.69, 9.17) is 17.2 Å². The molecule has 0 saturated heterocycles. The Morgan fingerprint density at radius 2 is 1.59 bits per heavy atom. The number of aliphatic carboxylic acids is 1. The molecular formula is C23H40N8O6. The van der Waals surface area contributed by atoms with E-state index in [9.17, 15) is 29.1 Å². The van der Waals surface area contributed by atoms with Gasteiger partial charge in [-0.1, -0.05) is 13.8 Å². The highest BCUT2D eigenvalue weighted by Crippen LogP contribution is 2.08. The fourth-order valence-electron chi connectivity index (χ4n) is 3.53. The summed E-state index contributed by atoms with van der Waals surface area (Å²) in [7, 11) is 0. The van der Waals surface area contributed by atoms with Crippen LogP contribution in [0.1, 0.15) is 58.1 Å². The quantitative estimate of drug-likeness (QED) is 0.101. The maximum absolute atomic E-state index is 13.2. The van der Waals surface area contributed by atoms with Gasteiger partial charge >= 0.3 is 5.97 Å². The van der Waals surface area contributed by atoms with Crippen LogP contribution >= 0.6 is 0 Å². The number of nitrogens with two attached hydrogens (primary N) is 3. The highest BCUT2D eigenvalue weighted by molar-refractivity contribution is 5.94. The Morgan fingerprint density at radius 1 is 0.973 bits per heavy atom. The first-order valence-corrected chi connectivity index (χ1v) is 12.3. The third-order valence-electron chi connectivity index (χ3n) is 5.55. The van der Waals surface area contributed by atoms with Gasteiger partial charge in [-0.25, -0.2) is 9.78 Å². The molecule has 1 aromatic heterocycles.